The normalized spacial score (nSPS) is 11.9. The first-order valence-corrected chi connectivity index (χ1v) is 4.82. The second-order valence-corrected chi connectivity index (χ2v) is 3.05. The molecule has 0 spiro atoms. The van der Waals surface area contributed by atoms with Crippen LogP contribution in [-0.2, 0) is 9.59 Å². The van der Waals surface area contributed by atoms with Crippen molar-refractivity contribution in [2.45, 2.75) is 25.3 Å². The van der Waals surface area contributed by atoms with Crippen LogP contribution in [0.3, 0.4) is 0 Å². The summed E-state index contributed by atoms with van der Waals surface area (Å²) in [5, 5.41) is 8.04. The first kappa shape index (κ1) is 12.9. The van der Waals surface area contributed by atoms with Crippen LogP contribution in [0.4, 0.5) is 0 Å². The molecule has 0 fully saturated rings. The van der Waals surface area contributed by atoms with Gasteiger partial charge in [0.1, 0.15) is 6.04 Å². The largest absolute Gasteiger partial charge is 0.357 e. The minimum Gasteiger partial charge on any atom is -0.357 e. The van der Waals surface area contributed by atoms with Crippen molar-refractivity contribution in [2.24, 2.45) is 0 Å². The molecule has 0 radical (unpaired) electrons. The van der Waals surface area contributed by atoms with Crippen LogP contribution in [0.2, 0.25) is 0 Å². The van der Waals surface area contributed by atoms with E-state index >= 15 is 0 Å². The summed E-state index contributed by atoms with van der Waals surface area (Å²) in [4.78, 5) is 21.4. The van der Waals surface area contributed by atoms with Crippen molar-refractivity contribution in [3.63, 3.8) is 0 Å². The van der Waals surface area contributed by atoms with E-state index in [-0.39, 0.29) is 5.91 Å². The third kappa shape index (κ3) is 5.53. The Bertz CT molecular complexity index is 173. The molecule has 0 aromatic heterocycles. The Hall–Kier alpha value is -1.10. The molecule has 0 rings (SSSR count). The number of rotatable bonds is 8. The van der Waals surface area contributed by atoms with Gasteiger partial charge in [0.25, 0.3) is 0 Å². The SMILES string of the molecule is CNCCCCC(NC=O)C(=O)NC. The number of likely N-dealkylation sites (N-methyl/N-ethyl adjacent to an activating group) is 1. The van der Waals surface area contributed by atoms with Crippen molar-refractivity contribution in [2.75, 3.05) is 20.6 Å². The molecule has 0 bridgehead atoms. The van der Waals surface area contributed by atoms with Crippen LogP contribution in [0.1, 0.15) is 19.3 Å². The number of hydrogen-bond donors (Lipinski definition) is 3. The average molecular weight is 201 g/mol. The molecule has 2 amide bonds. The summed E-state index contributed by atoms with van der Waals surface area (Å²) in [6.07, 6.45) is 3.17. The molecule has 1 atom stereocenters. The van der Waals surface area contributed by atoms with Crippen molar-refractivity contribution in [1.29, 1.82) is 0 Å². The highest BCUT2D eigenvalue weighted by atomic mass is 16.2. The lowest BCUT2D eigenvalue weighted by atomic mass is 10.1. The Balaban J connectivity index is 3.72. The zero-order valence-electron chi connectivity index (χ0n) is 8.80. The molecule has 3 N–H and O–H groups in total. The van der Waals surface area contributed by atoms with E-state index in [1.807, 2.05) is 7.05 Å². The molecular formula is C9H19N3O2. The van der Waals surface area contributed by atoms with E-state index < -0.39 is 6.04 Å². The Morgan fingerprint density at radius 1 is 1.36 bits per heavy atom. The summed E-state index contributed by atoms with van der Waals surface area (Å²) in [6.45, 7) is 0.932. The molecule has 5 heteroatoms. The number of carbonyl (C=O) groups excluding carboxylic acids is 2. The fourth-order valence-corrected chi connectivity index (χ4v) is 1.20. The molecule has 1 unspecified atom stereocenters. The maximum Gasteiger partial charge on any atom is 0.242 e. The monoisotopic (exact) mass is 201 g/mol. The molecule has 0 aliphatic rings. The van der Waals surface area contributed by atoms with Crippen molar-refractivity contribution >= 4 is 12.3 Å². The van der Waals surface area contributed by atoms with Crippen LogP contribution in [0, 0.1) is 0 Å². The first-order chi connectivity index (χ1) is 6.76. The van der Waals surface area contributed by atoms with E-state index in [2.05, 4.69) is 16.0 Å². The number of amides is 2. The summed E-state index contributed by atoms with van der Waals surface area (Å²) >= 11 is 0. The van der Waals surface area contributed by atoms with Gasteiger partial charge in [0.05, 0.1) is 0 Å². The second kappa shape index (κ2) is 8.50. The van der Waals surface area contributed by atoms with Gasteiger partial charge in [0, 0.05) is 7.05 Å². The van der Waals surface area contributed by atoms with Crippen LogP contribution in [0.5, 0.6) is 0 Å². The lowest BCUT2D eigenvalue weighted by Crippen LogP contribution is -2.42. The van der Waals surface area contributed by atoms with Gasteiger partial charge in [-0.3, -0.25) is 9.59 Å². The van der Waals surface area contributed by atoms with Crippen LogP contribution < -0.4 is 16.0 Å². The molecule has 5 nitrogen and oxygen atoms in total. The highest BCUT2D eigenvalue weighted by Crippen LogP contribution is 1.99. The third-order valence-corrected chi connectivity index (χ3v) is 2.00. The lowest BCUT2D eigenvalue weighted by molar-refractivity contribution is -0.125. The Morgan fingerprint density at radius 2 is 2.07 bits per heavy atom. The summed E-state index contributed by atoms with van der Waals surface area (Å²) < 4.78 is 0. The average Bonchev–Trinajstić information content (AvgIpc) is 2.21. The van der Waals surface area contributed by atoms with E-state index in [0.717, 1.165) is 19.4 Å². The maximum absolute atomic E-state index is 11.2. The molecule has 0 aliphatic heterocycles. The van der Waals surface area contributed by atoms with Crippen LogP contribution in [-0.4, -0.2) is 39.0 Å². The molecular weight excluding hydrogens is 182 g/mol. The van der Waals surface area contributed by atoms with Crippen molar-refractivity contribution in [1.82, 2.24) is 16.0 Å². The van der Waals surface area contributed by atoms with Crippen LogP contribution in [0.15, 0.2) is 0 Å². The summed E-state index contributed by atoms with van der Waals surface area (Å²) in [7, 11) is 3.45. The third-order valence-electron chi connectivity index (χ3n) is 2.00. The number of hydrogen-bond acceptors (Lipinski definition) is 3. The van der Waals surface area contributed by atoms with Crippen molar-refractivity contribution in [3.8, 4) is 0 Å². The smallest absolute Gasteiger partial charge is 0.242 e. The van der Waals surface area contributed by atoms with E-state index in [1.54, 1.807) is 7.05 Å². The van der Waals surface area contributed by atoms with Crippen LogP contribution in [0.25, 0.3) is 0 Å². The fraction of sp³-hybridized carbons (Fsp3) is 0.778. The summed E-state index contributed by atoms with van der Waals surface area (Å²) in [6, 6.07) is -0.394. The zero-order valence-corrected chi connectivity index (χ0v) is 8.80. The zero-order chi connectivity index (χ0) is 10.8. The molecule has 0 saturated carbocycles. The van der Waals surface area contributed by atoms with E-state index in [9.17, 15) is 9.59 Å². The fourth-order valence-electron chi connectivity index (χ4n) is 1.20. The predicted octanol–water partition coefficient (Wildman–Crippen LogP) is -0.763. The second-order valence-electron chi connectivity index (χ2n) is 3.05. The van der Waals surface area contributed by atoms with Gasteiger partial charge in [-0.2, -0.15) is 0 Å². The van der Waals surface area contributed by atoms with E-state index in [4.69, 9.17) is 0 Å². The molecule has 0 saturated heterocycles. The molecule has 0 heterocycles. The topological polar surface area (TPSA) is 70.2 Å². The quantitative estimate of drug-likeness (QED) is 0.357. The summed E-state index contributed by atoms with van der Waals surface area (Å²) in [5.74, 6) is -0.137. The van der Waals surface area contributed by atoms with Crippen LogP contribution >= 0.6 is 0 Å². The minimum atomic E-state index is -0.394. The van der Waals surface area contributed by atoms with Gasteiger partial charge in [-0.15, -0.1) is 0 Å². The number of unbranched alkanes of at least 4 members (excludes halogenated alkanes) is 1. The Kier molecular flexibility index (Phi) is 7.83. The van der Waals surface area contributed by atoms with Gasteiger partial charge < -0.3 is 16.0 Å². The predicted molar refractivity (Wildman–Crippen MR) is 54.8 cm³/mol. The highest BCUT2D eigenvalue weighted by molar-refractivity contribution is 5.83. The minimum absolute atomic E-state index is 0.137. The summed E-state index contributed by atoms with van der Waals surface area (Å²) in [5.41, 5.74) is 0. The van der Waals surface area contributed by atoms with Gasteiger partial charge in [-0.1, -0.05) is 0 Å². The van der Waals surface area contributed by atoms with Gasteiger partial charge in [-0.25, -0.2) is 0 Å². The lowest BCUT2D eigenvalue weighted by Gasteiger charge is -2.13. The molecule has 0 aromatic carbocycles. The Labute approximate surface area is 84.6 Å². The van der Waals surface area contributed by atoms with Crippen molar-refractivity contribution < 1.29 is 9.59 Å². The van der Waals surface area contributed by atoms with Gasteiger partial charge >= 0.3 is 0 Å². The van der Waals surface area contributed by atoms with Gasteiger partial charge in [0.15, 0.2) is 0 Å². The van der Waals surface area contributed by atoms with E-state index in [1.165, 1.54) is 0 Å². The number of nitrogens with one attached hydrogen (secondary N) is 3. The van der Waals surface area contributed by atoms with Crippen molar-refractivity contribution in [3.05, 3.63) is 0 Å². The Morgan fingerprint density at radius 3 is 2.57 bits per heavy atom. The molecule has 0 aromatic rings. The first-order valence-electron chi connectivity index (χ1n) is 4.82. The van der Waals surface area contributed by atoms with Gasteiger partial charge in [0.2, 0.25) is 12.3 Å². The number of carbonyl (C=O) groups is 2. The maximum atomic E-state index is 11.2. The van der Waals surface area contributed by atoms with E-state index in [0.29, 0.717) is 12.8 Å². The molecule has 14 heavy (non-hydrogen) atoms. The highest BCUT2D eigenvalue weighted by Gasteiger charge is 2.14. The molecule has 0 aliphatic carbocycles. The standard InChI is InChI=1S/C9H19N3O2/c1-10-6-4-3-5-8(12-7-13)9(14)11-2/h7-8,10H,3-6H2,1-2H3,(H,11,14)(H,12,13). The van der Waals surface area contributed by atoms with Gasteiger partial charge in [-0.05, 0) is 32.9 Å². The molecule has 82 valence electrons.